The number of oxime groups is 2. The number of hydrogen-bond acceptors (Lipinski definition) is 11. The topological polar surface area (TPSA) is 244 Å². The van der Waals surface area contributed by atoms with E-state index < -0.39 is 10.2 Å². The van der Waals surface area contributed by atoms with Crippen molar-refractivity contribution in [3.8, 4) is 0 Å². The molecule has 0 heterocycles. The number of halogens is 1. The zero-order chi connectivity index (χ0) is 28.3. The quantitative estimate of drug-likeness (QED) is 0.0840. The van der Waals surface area contributed by atoms with E-state index in [-0.39, 0.29) is 25.0 Å². The van der Waals surface area contributed by atoms with Gasteiger partial charge in [0, 0.05) is 25.2 Å². The molecule has 0 atom stereocenters. The van der Waals surface area contributed by atoms with E-state index in [1.165, 1.54) is 50.8 Å². The minimum atomic E-state index is -4.94. The Kier molecular flexibility index (Phi) is 53.3. The van der Waals surface area contributed by atoms with Crippen LogP contribution in [-0.4, -0.2) is 64.3 Å². The van der Waals surface area contributed by atoms with Crippen LogP contribution in [0.4, 0.5) is 0 Å². The summed E-state index contributed by atoms with van der Waals surface area (Å²) in [7, 11) is -4.05. The SMILES string of the molecule is C/C(N)=C(\C)N=O.CC(=N\O)/C(C)=N/O.CCP(CC)CC.CCP(CC)CC.O.[O-][Cl+3]([O-])([O-])[O-].[Rh]. The van der Waals surface area contributed by atoms with Crippen molar-refractivity contribution in [3.05, 3.63) is 16.3 Å². The second-order valence-electron chi connectivity index (χ2n) is 6.35. The molecule has 0 rings (SSSR count). The standard InChI is InChI=1S/2C6H15P.C4H8N2O2.C4H8N2O.ClHO4.H2O.Rh/c2*1-4-7(5-2)6-3;1-3(5-7)4(2)6-8;1-3(5)4(2)6-7;2-1(3,4)5;;/h2*4-6H2,1-3H3;7-8H,1-2H3;5H2,1-2H3;(H,2,3,4,5);1H2;/p-1/b;;5-3+,6-4+;4-3-;;;. The molecule has 12 nitrogen and oxygen atoms in total. The summed E-state index contributed by atoms with van der Waals surface area (Å²) in [6.07, 6.45) is 8.51. The predicted octanol–water partition coefficient (Wildman–Crippen LogP) is 1.12. The third kappa shape index (κ3) is 54.5. The summed E-state index contributed by atoms with van der Waals surface area (Å²) in [5, 5.41) is 24.2. The molecule has 0 aliphatic carbocycles. The second-order valence-corrected chi connectivity index (χ2v) is 13.6. The van der Waals surface area contributed by atoms with Crippen molar-refractivity contribution in [1.82, 2.24) is 0 Å². The normalized spacial score (nSPS) is 11.3. The zero-order valence-electron chi connectivity index (χ0n) is 23.2. The average molecular weight is 673 g/mol. The van der Waals surface area contributed by atoms with Crippen LogP contribution in [0.2, 0.25) is 0 Å². The van der Waals surface area contributed by atoms with Gasteiger partial charge in [0.2, 0.25) is 0 Å². The predicted molar refractivity (Wildman–Crippen MR) is 139 cm³/mol. The first-order chi connectivity index (χ1) is 15.6. The summed E-state index contributed by atoms with van der Waals surface area (Å²) < 4.78 is 34.0. The van der Waals surface area contributed by atoms with Gasteiger partial charge in [0.25, 0.3) is 0 Å². The Balaban J connectivity index is -0.0000000580. The largest absolute Gasteiger partial charge is 0.412 e. The van der Waals surface area contributed by atoms with Crippen LogP contribution in [0.25, 0.3) is 0 Å². The zero-order valence-corrected chi connectivity index (χ0v) is 27.4. The van der Waals surface area contributed by atoms with Crippen LogP contribution in [0.15, 0.2) is 26.9 Å². The molecule has 1 radical (unpaired) electrons. The maximum atomic E-state index is 9.56. The van der Waals surface area contributed by atoms with Crippen molar-refractivity contribution in [2.24, 2.45) is 21.2 Å². The third-order valence-corrected chi connectivity index (χ3v) is 9.58. The van der Waals surface area contributed by atoms with Gasteiger partial charge in [-0.2, -0.15) is 0 Å². The summed E-state index contributed by atoms with van der Waals surface area (Å²) >= 11 is 0. The molecule has 0 aromatic carbocycles. The van der Waals surface area contributed by atoms with Crippen LogP contribution >= 0.6 is 15.8 Å². The molecule has 0 saturated carbocycles. The summed E-state index contributed by atoms with van der Waals surface area (Å²) in [5.74, 6) is 0. The molecule has 6 N–H and O–H groups in total. The van der Waals surface area contributed by atoms with Crippen molar-refractivity contribution in [1.29, 1.82) is 0 Å². The van der Waals surface area contributed by atoms with Crippen LogP contribution in [0.1, 0.15) is 69.2 Å². The van der Waals surface area contributed by atoms with Gasteiger partial charge in [-0.1, -0.05) is 51.9 Å². The first kappa shape index (κ1) is 52.1. The van der Waals surface area contributed by atoms with Gasteiger partial charge < -0.3 is 21.6 Å². The molecule has 0 unspecified atom stereocenters. The molecule has 16 heteroatoms. The minimum Gasteiger partial charge on any atom is -0.412 e. The van der Waals surface area contributed by atoms with Crippen molar-refractivity contribution in [2.45, 2.75) is 69.2 Å². The molecule has 0 aliphatic rings. The number of hydrogen-bond donors (Lipinski definition) is 3. The Hall–Kier alpha value is -0.347. The van der Waals surface area contributed by atoms with Crippen LogP contribution in [0, 0.1) is 15.2 Å². The molecule has 223 valence electrons. The van der Waals surface area contributed by atoms with E-state index in [1.54, 1.807) is 13.8 Å². The third-order valence-electron chi connectivity index (χ3n) is 4.21. The summed E-state index contributed by atoms with van der Waals surface area (Å²) in [6.45, 7) is 20.0. The van der Waals surface area contributed by atoms with Crippen molar-refractivity contribution in [2.75, 3.05) is 37.0 Å². The fourth-order valence-electron chi connectivity index (χ4n) is 1.56. The molecule has 0 aliphatic heterocycles. The Morgan fingerprint density at radius 2 is 0.917 bits per heavy atom. The Morgan fingerprint density at radius 1 is 0.722 bits per heavy atom. The van der Waals surface area contributed by atoms with Gasteiger partial charge in [0.05, 0.1) is 0 Å². The molecular weight excluding hydrogens is 625 g/mol. The van der Waals surface area contributed by atoms with Crippen LogP contribution in [-0.2, 0) is 19.5 Å². The van der Waals surface area contributed by atoms with Gasteiger partial charge >= 0.3 is 0 Å². The maximum absolute atomic E-state index is 9.56. The summed E-state index contributed by atoms with van der Waals surface area (Å²) in [5.41, 5.74) is 6.60. The van der Waals surface area contributed by atoms with Crippen molar-refractivity contribution in [3.63, 3.8) is 0 Å². The number of rotatable bonds is 8. The first-order valence-electron chi connectivity index (χ1n) is 10.8. The molecule has 0 saturated heterocycles. The fourth-order valence-corrected chi connectivity index (χ4v) is 4.24. The van der Waals surface area contributed by atoms with Crippen LogP contribution in [0.3, 0.4) is 0 Å². The Bertz CT molecular complexity index is 513. The average Bonchev–Trinajstić information content (AvgIpc) is 2.79. The second kappa shape index (κ2) is 36.8. The molecule has 0 fully saturated rings. The number of nitrogens with two attached hydrogens (primary N) is 1. The van der Waals surface area contributed by atoms with Crippen molar-refractivity contribution >= 4 is 27.3 Å². The molecule has 0 spiro atoms. The number of nitroso groups, excluding NO2 is 1. The van der Waals surface area contributed by atoms with Gasteiger partial charge in [-0.15, -0.1) is 31.0 Å². The van der Waals surface area contributed by atoms with Crippen LogP contribution in [0.5, 0.6) is 0 Å². The van der Waals surface area contributed by atoms with Gasteiger partial charge in [-0.3, -0.25) is 0 Å². The van der Waals surface area contributed by atoms with E-state index >= 15 is 0 Å². The van der Waals surface area contributed by atoms with Gasteiger partial charge in [0.15, 0.2) is 0 Å². The van der Waals surface area contributed by atoms with E-state index in [1.807, 2.05) is 0 Å². The summed E-state index contributed by atoms with van der Waals surface area (Å²) in [4.78, 5) is 9.56. The monoisotopic (exact) mass is 672 g/mol. The molecular formula is C20H48ClN4O8P2Rh-. The minimum absolute atomic E-state index is 0. The smallest absolute Gasteiger partial charge is 0.101 e. The van der Waals surface area contributed by atoms with Gasteiger partial charge in [-0.05, 0) is 69.8 Å². The van der Waals surface area contributed by atoms with E-state index in [9.17, 15) is 4.91 Å². The fraction of sp³-hybridized carbons (Fsp3) is 0.800. The molecule has 0 bridgehead atoms. The molecule has 36 heavy (non-hydrogen) atoms. The summed E-state index contributed by atoms with van der Waals surface area (Å²) in [6, 6.07) is 0. The maximum Gasteiger partial charge on any atom is 0.101 e. The molecule has 0 amide bonds. The van der Waals surface area contributed by atoms with Gasteiger partial charge in [-0.25, -0.2) is 18.6 Å². The Labute approximate surface area is 234 Å². The van der Waals surface area contributed by atoms with Gasteiger partial charge in [0.1, 0.15) is 17.1 Å². The first-order valence-corrected chi connectivity index (χ1v) is 15.8. The van der Waals surface area contributed by atoms with E-state index in [2.05, 4.69) is 57.0 Å². The Morgan fingerprint density at radius 3 is 0.944 bits per heavy atom. The van der Waals surface area contributed by atoms with Crippen LogP contribution < -0.4 is 24.4 Å². The molecule has 0 aromatic heterocycles. The number of nitrogens with zero attached hydrogens (tertiary/aromatic N) is 3. The van der Waals surface area contributed by atoms with Crippen molar-refractivity contribution < 1.29 is 64.2 Å². The molecule has 0 aromatic rings. The van der Waals surface area contributed by atoms with E-state index in [4.69, 9.17) is 34.8 Å². The van der Waals surface area contributed by atoms with E-state index in [0.29, 0.717) is 38.7 Å². The van der Waals surface area contributed by atoms with E-state index in [0.717, 1.165) is 0 Å². The number of allylic oxidation sites excluding steroid dienone is 2.